The third-order valence-electron chi connectivity index (χ3n) is 9.94. The van der Waals surface area contributed by atoms with Gasteiger partial charge in [-0.25, -0.2) is 0 Å². The second kappa shape index (κ2) is 12.5. The maximum atomic E-state index is 9.04. The summed E-state index contributed by atoms with van der Waals surface area (Å²) in [5.41, 5.74) is 9.31. The predicted octanol–water partition coefficient (Wildman–Crippen LogP) is 14.4. The van der Waals surface area contributed by atoms with Crippen LogP contribution in [0.15, 0.2) is 204 Å². The molecule has 0 unspecified atom stereocenters. The van der Waals surface area contributed by atoms with Crippen LogP contribution in [0.3, 0.4) is 0 Å². The first-order chi connectivity index (χ1) is 27.9. The van der Waals surface area contributed by atoms with Crippen LogP contribution in [0.25, 0.3) is 76.9 Å². The van der Waals surface area contributed by atoms with E-state index in [2.05, 4.69) is 91.0 Å². The van der Waals surface area contributed by atoms with Crippen molar-refractivity contribution in [3.05, 3.63) is 200 Å². The quantitative estimate of drug-likeness (QED) is 0.164. The lowest BCUT2D eigenvalue weighted by Gasteiger charge is -2.26. The zero-order chi connectivity index (χ0) is 38.8. The third kappa shape index (κ3) is 4.96. The zero-order valence-corrected chi connectivity index (χ0v) is 28.0. The first-order valence-corrected chi connectivity index (χ1v) is 17.4. The molecule has 0 atom stereocenters. The van der Waals surface area contributed by atoms with Crippen LogP contribution < -0.4 is 4.90 Å². The summed E-state index contributed by atoms with van der Waals surface area (Å²) in [6.45, 7) is 0. The number of anilines is 3. The molecule has 0 fully saturated rings. The average molecular weight is 669 g/mol. The summed E-state index contributed by atoms with van der Waals surface area (Å²) in [5, 5.41) is 6.33. The van der Waals surface area contributed by atoms with Crippen LogP contribution in [0.5, 0.6) is 0 Å². The topological polar surface area (TPSA) is 16.4 Å². The molecule has 0 N–H and O–H groups in total. The Morgan fingerprint density at radius 3 is 1.69 bits per heavy atom. The molecule has 0 aliphatic heterocycles. The van der Waals surface area contributed by atoms with Gasteiger partial charge in [0.15, 0.2) is 0 Å². The first kappa shape index (κ1) is 25.1. The van der Waals surface area contributed by atoms with Gasteiger partial charge in [-0.2, -0.15) is 0 Å². The van der Waals surface area contributed by atoms with Crippen molar-refractivity contribution < 1.29 is 11.3 Å². The van der Waals surface area contributed by atoms with Crippen LogP contribution in [-0.4, -0.2) is 0 Å². The molecule has 2 nitrogen and oxygen atoms in total. The van der Waals surface area contributed by atoms with Crippen molar-refractivity contribution in [1.29, 1.82) is 0 Å². The van der Waals surface area contributed by atoms with E-state index in [1.165, 1.54) is 21.9 Å². The second-order valence-electron chi connectivity index (χ2n) is 12.9. The van der Waals surface area contributed by atoms with Gasteiger partial charge < -0.3 is 9.32 Å². The number of para-hydroxylation sites is 2. The van der Waals surface area contributed by atoms with Crippen molar-refractivity contribution in [2.75, 3.05) is 4.90 Å². The molecular formula is C50H33NO. The van der Waals surface area contributed by atoms with E-state index < -0.39 is 18.1 Å². The van der Waals surface area contributed by atoms with Crippen LogP contribution in [-0.2, 0) is 0 Å². The lowest BCUT2D eigenvalue weighted by molar-refractivity contribution is 0.669. The van der Waals surface area contributed by atoms with E-state index in [-0.39, 0.29) is 17.8 Å². The molecule has 9 aromatic carbocycles. The van der Waals surface area contributed by atoms with Crippen molar-refractivity contribution in [2.45, 2.75) is 0 Å². The fraction of sp³-hybridized carbons (Fsp3) is 0. The number of benzene rings is 9. The zero-order valence-electron chi connectivity index (χ0n) is 33.0. The summed E-state index contributed by atoms with van der Waals surface area (Å²) in [5.74, 6) is 0. The second-order valence-corrected chi connectivity index (χ2v) is 12.9. The van der Waals surface area contributed by atoms with E-state index in [1.807, 2.05) is 78.9 Å². The van der Waals surface area contributed by atoms with Crippen molar-refractivity contribution >= 4 is 60.5 Å². The first-order valence-electron chi connectivity index (χ1n) is 19.9. The third-order valence-corrected chi connectivity index (χ3v) is 9.94. The summed E-state index contributed by atoms with van der Waals surface area (Å²) >= 11 is 0. The lowest BCUT2D eigenvalue weighted by Crippen LogP contribution is -2.10. The van der Waals surface area contributed by atoms with Crippen LogP contribution >= 0.6 is 0 Å². The number of hydrogen-bond donors (Lipinski definition) is 0. The predicted molar refractivity (Wildman–Crippen MR) is 220 cm³/mol. The Kier molecular flexibility index (Phi) is 6.01. The minimum atomic E-state index is -0.439. The number of nitrogens with zero attached hydrogens (tertiary/aromatic N) is 1. The molecule has 10 rings (SSSR count). The number of rotatable bonds is 6. The van der Waals surface area contributed by atoms with Gasteiger partial charge in [0, 0.05) is 16.8 Å². The van der Waals surface area contributed by atoms with Crippen molar-refractivity contribution in [3.8, 4) is 33.4 Å². The minimum absolute atomic E-state index is 0.0602. The van der Waals surface area contributed by atoms with Gasteiger partial charge in [0.2, 0.25) is 0 Å². The van der Waals surface area contributed by atoms with E-state index in [4.69, 9.17) is 11.3 Å². The monoisotopic (exact) mass is 668 g/mol. The molecule has 0 amide bonds. The molecule has 0 radical (unpaired) electrons. The molecule has 0 saturated heterocycles. The van der Waals surface area contributed by atoms with Crippen molar-refractivity contribution in [2.24, 2.45) is 0 Å². The Balaban J connectivity index is 1.19. The molecule has 0 saturated carbocycles. The number of furan rings is 1. The summed E-state index contributed by atoms with van der Waals surface area (Å²) in [4.78, 5) is 1.76. The molecule has 1 aromatic heterocycles. The highest BCUT2D eigenvalue weighted by Gasteiger charge is 2.20. The highest BCUT2D eigenvalue weighted by molar-refractivity contribution is 6.22. The molecule has 1 heterocycles. The summed E-state index contributed by atoms with van der Waals surface area (Å²) in [7, 11) is 0. The van der Waals surface area contributed by atoms with Gasteiger partial charge in [-0.05, 0) is 103 Å². The Morgan fingerprint density at radius 1 is 0.385 bits per heavy atom. The van der Waals surface area contributed by atoms with Crippen LogP contribution in [0.1, 0.15) is 6.85 Å². The molecule has 0 bridgehead atoms. The molecule has 2 heteroatoms. The van der Waals surface area contributed by atoms with Gasteiger partial charge >= 0.3 is 0 Å². The smallest absolute Gasteiger partial charge is 0.137 e. The molecule has 10 aromatic rings. The van der Waals surface area contributed by atoms with E-state index in [1.54, 1.807) is 4.90 Å². The van der Waals surface area contributed by atoms with E-state index in [0.29, 0.717) is 22.5 Å². The van der Waals surface area contributed by atoms with Gasteiger partial charge in [0.1, 0.15) is 11.2 Å². The molecule has 244 valence electrons. The van der Waals surface area contributed by atoms with E-state index in [9.17, 15) is 0 Å². The van der Waals surface area contributed by atoms with Crippen molar-refractivity contribution in [3.63, 3.8) is 0 Å². The van der Waals surface area contributed by atoms with Crippen LogP contribution in [0, 0.1) is 0 Å². The van der Waals surface area contributed by atoms with E-state index >= 15 is 0 Å². The number of fused-ring (bicyclic) bond motifs is 6. The maximum Gasteiger partial charge on any atom is 0.137 e. The Bertz CT molecular complexity index is 3150. The van der Waals surface area contributed by atoms with Gasteiger partial charge in [-0.1, -0.05) is 152 Å². The molecular weight excluding hydrogens is 631 g/mol. The molecule has 0 aliphatic carbocycles. The summed E-state index contributed by atoms with van der Waals surface area (Å²) in [6, 6.07) is 56.0. The Hall–Kier alpha value is -6.90. The average Bonchev–Trinajstić information content (AvgIpc) is 3.66. The lowest BCUT2D eigenvalue weighted by atomic mass is 9.84. The van der Waals surface area contributed by atoms with E-state index in [0.717, 1.165) is 43.8 Å². The number of hydrogen-bond acceptors (Lipinski definition) is 2. The standard InChI is InChI=1S/C50H33NO/c1-4-15-35(16-5-1)48-42-22-11-10-21-40(42)41-32-29-37(33-44(41)49(48)36-17-6-2-7-18-36)34-27-30-39(31-28-34)51(38-19-8-3-9-20-38)45-24-14-26-47-50(45)43-23-12-13-25-46(43)52-47/h1-33H/i3D,8D,9D,19D,20D. The van der Waals surface area contributed by atoms with Gasteiger partial charge in [0.25, 0.3) is 0 Å². The fourth-order valence-electron chi connectivity index (χ4n) is 7.67. The van der Waals surface area contributed by atoms with Gasteiger partial charge in [-0.3, -0.25) is 0 Å². The van der Waals surface area contributed by atoms with Crippen LogP contribution in [0.2, 0.25) is 0 Å². The molecule has 0 aliphatic rings. The summed E-state index contributed by atoms with van der Waals surface area (Å²) in [6.07, 6.45) is 0. The highest BCUT2D eigenvalue weighted by atomic mass is 16.3. The van der Waals surface area contributed by atoms with Gasteiger partial charge in [-0.15, -0.1) is 0 Å². The highest BCUT2D eigenvalue weighted by Crippen LogP contribution is 2.46. The maximum absolute atomic E-state index is 9.04. The van der Waals surface area contributed by atoms with Gasteiger partial charge in [0.05, 0.1) is 17.9 Å². The summed E-state index contributed by atoms with van der Waals surface area (Å²) < 4.78 is 49.8. The molecule has 0 spiro atoms. The fourth-order valence-corrected chi connectivity index (χ4v) is 7.67. The molecule has 52 heavy (non-hydrogen) atoms. The minimum Gasteiger partial charge on any atom is -0.456 e. The Morgan fingerprint density at radius 2 is 0.962 bits per heavy atom. The normalized spacial score (nSPS) is 12.8. The SMILES string of the molecule is [2H]c1c([2H])c([2H])c(N(c2ccc(-c3ccc4c(c3)c(-c3ccccc3)c(-c3ccccc3)c3ccccc34)cc2)c2cccc3oc4ccccc4c23)c([2H])c1[2H]. The Labute approximate surface area is 309 Å². The van der Waals surface area contributed by atoms with Crippen molar-refractivity contribution in [1.82, 2.24) is 0 Å². The largest absolute Gasteiger partial charge is 0.456 e. The van der Waals surface area contributed by atoms with Crippen LogP contribution in [0.4, 0.5) is 17.1 Å².